The fourth-order valence-electron chi connectivity index (χ4n) is 1.60. The van der Waals surface area contributed by atoms with Crippen molar-refractivity contribution in [2.45, 2.75) is 6.61 Å². The molecule has 1 aromatic carbocycles. The molecule has 0 radical (unpaired) electrons. The van der Waals surface area contributed by atoms with Crippen LogP contribution in [0.15, 0.2) is 29.6 Å². The first-order valence-electron chi connectivity index (χ1n) is 5.67. The molecule has 2 aromatic rings. The number of halogens is 1. The normalized spacial score (nSPS) is 10.2. The van der Waals surface area contributed by atoms with Crippen molar-refractivity contribution in [1.29, 1.82) is 0 Å². The van der Waals surface area contributed by atoms with Crippen LogP contribution in [0.25, 0.3) is 0 Å². The van der Waals surface area contributed by atoms with E-state index in [0.717, 1.165) is 0 Å². The first-order chi connectivity index (χ1) is 10.0. The van der Waals surface area contributed by atoms with E-state index in [9.17, 15) is 14.9 Å². The molecule has 3 N–H and O–H groups in total. The highest BCUT2D eigenvalue weighted by atomic mass is 35.5. The molecule has 0 bridgehead atoms. The Hall–Kier alpha value is -2.16. The summed E-state index contributed by atoms with van der Waals surface area (Å²) in [6, 6.07) is 5.80. The minimum atomic E-state index is -0.575. The zero-order chi connectivity index (χ0) is 15.4. The van der Waals surface area contributed by atoms with E-state index in [1.165, 1.54) is 29.5 Å². The van der Waals surface area contributed by atoms with Crippen LogP contribution in [-0.2, 0) is 6.61 Å². The largest absolute Gasteiger partial charge is 0.489 e. The van der Waals surface area contributed by atoms with Gasteiger partial charge in [-0.2, -0.15) is 0 Å². The average Bonchev–Trinajstić information content (AvgIpc) is 2.92. The number of nitro benzene ring substituents is 1. The number of nitro groups is 1. The number of ether oxygens (including phenoxy) is 1. The van der Waals surface area contributed by atoms with Crippen molar-refractivity contribution >= 4 is 34.5 Å². The van der Waals surface area contributed by atoms with Crippen LogP contribution >= 0.6 is 22.9 Å². The first kappa shape index (κ1) is 15.2. The number of hydrogen-bond donors (Lipinski definition) is 2. The number of rotatable bonds is 5. The summed E-state index contributed by atoms with van der Waals surface area (Å²) in [5.74, 6) is 5.06. The molecule has 2 rings (SSSR count). The minimum absolute atomic E-state index is 0.0113. The Balaban J connectivity index is 2.10. The number of carbonyl (C=O) groups excluding carboxylic acids is 1. The third kappa shape index (κ3) is 3.48. The van der Waals surface area contributed by atoms with Gasteiger partial charge in [-0.25, -0.2) is 5.84 Å². The van der Waals surface area contributed by atoms with E-state index in [2.05, 4.69) is 5.43 Å². The molecule has 0 atom stereocenters. The Morgan fingerprint density at radius 2 is 2.24 bits per heavy atom. The van der Waals surface area contributed by atoms with E-state index >= 15 is 0 Å². The van der Waals surface area contributed by atoms with Gasteiger partial charge in [0.2, 0.25) is 0 Å². The summed E-state index contributed by atoms with van der Waals surface area (Å²) in [5, 5.41) is 12.4. The van der Waals surface area contributed by atoms with Crippen LogP contribution < -0.4 is 16.0 Å². The number of hydrogen-bond acceptors (Lipinski definition) is 6. The van der Waals surface area contributed by atoms with Crippen LogP contribution in [-0.4, -0.2) is 10.8 Å². The van der Waals surface area contributed by atoms with E-state index in [0.29, 0.717) is 16.2 Å². The molecular weight excluding hydrogens is 318 g/mol. The number of nitrogen functional groups attached to an aromatic ring is 1. The highest BCUT2D eigenvalue weighted by Gasteiger charge is 2.15. The summed E-state index contributed by atoms with van der Waals surface area (Å²) in [5.41, 5.74) is 2.53. The quantitative estimate of drug-likeness (QED) is 0.379. The van der Waals surface area contributed by atoms with Gasteiger partial charge in [0.05, 0.1) is 9.80 Å². The molecule has 0 unspecified atom stereocenters. The lowest BCUT2D eigenvalue weighted by atomic mass is 10.2. The van der Waals surface area contributed by atoms with Gasteiger partial charge >= 0.3 is 0 Å². The van der Waals surface area contributed by atoms with Crippen LogP contribution in [0, 0.1) is 10.1 Å². The van der Waals surface area contributed by atoms with Crippen molar-refractivity contribution in [2.75, 3.05) is 0 Å². The molecule has 0 aliphatic carbocycles. The number of nitrogens with two attached hydrogens (primary N) is 1. The third-order valence-corrected chi connectivity index (χ3v) is 3.85. The van der Waals surface area contributed by atoms with Crippen molar-refractivity contribution in [3.05, 3.63) is 55.2 Å². The number of nitrogens with one attached hydrogen (secondary N) is 1. The molecule has 9 heteroatoms. The molecule has 0 spiro atoms. The van der Waals surface area contributed by atoms with Gasteiger partial charge in [-0.1, -0.05) is 11.6 Å². The Morgan fingerprint density at radius 3 is 2.86 bits per heavy atom. The molecule has 110 valence electrons. The highest BCUT2D eigenvalue weighted by Crippen LogP contribution is 2.29. The lowest BCUT2D eigenvalue weighted by molar-refractivity contribution is -0.384. The van der Waals surface area contributed by atoms with Crippen molar-refractivity contribution in [3.63, 3.8) is 0 Å². The summed E-state index contributed by atoms with van der Waals surface area (Å²) < 4.78 is 5.48. The maximum absolute atomic E-state index is 11.5. The van der Waals surface area contributed by atoms with Crippen LogP contribution in [0.1, 0.15) is 15.2 Å². The lowest BCUT2D eigenvalue weighted by Crippen LogP contribution is -2.30. The second kappa shape index (κ2) is 6.53. The second-order valence-corrected chi connectivity index (χ2v) is 5.23. The molecular formula is C12H10ClN3O4S. The maximum Gasteiger partial charge on any atom is 0.288 e. The van der Waals surface area contributed by atoms with Gasteiger partial charge in [0.25, 0.3) is 11.6 Å². The van der Waals surface area contributed by atoms with E-state index in [-0.39, 0.29) is 17.3 Å². The monoisotopic (exact) mass is 327 g/mol. The van der Waals surface area contributed by atoms with Crippen LogP contribution in [0.3, 0.4) is 0 Å². The van der Waals surface area contributed by atoms with Gasteiger partial charge in [0.15, 0.2) is 0 Å². The van der Waals surface area contributed by atoms with Crippen molar-refractivity contribution < 1.29 is 14.5 Å². The maximum atomic E-state index is 11.5. The van der Waals surface area contributed by atoms with Crippen molar-refractivity contribution in [1.82, 2.24) is 5.43 Å². The van der Waals surface area contributed by atoms with E-state index in [1.807, 2.05) is 0 Å². The predicted molar refractivity (Wildman–Crippen MR) is 78.4 cm³/mol. The number of hydrazine groups is 1. The molecule has 0 fully saturated rings. The van der Waals surface area contributed by atoms with Gasteiger partial charge in [0, 0.05) is 17.7 Å². The SMILES string of the molecule is NNC(=O)c1sccc1COc1ccc([N+](=O)[O-])c(Cl)c1. The third-order valence-electron chi connectivity index (χ3n) is 2.59. The predicted octanol–water partition coefficient (Wildman–Crippen LogP) is 2.49. The van der Waals surface area contributed by atoms with Crippen molar-refractivity contribution in [2.24, 2.45) is 5.84 Å². The Labute approximate surface area is 128 Å². The summed E-state index contributed by atoms with van der Waals surface area (Å²) in [4.78, 5) is 22.0. The smallest absolute Gasteiger partial charge is 0.288 e. The molecule has 0 aliphatic heterocycles. The summed E-state index contributed by atoms with van der Waals surface area (Å²) in [7, 11) is 0. The summed E-state index contributed by atoms with van der Waals surface area (Å²) >= 11 is 7.03. The van der Waals surface area contributed by atoms with E-state index in [1.54, 1.807) is 11.4 Å². The molecule has 21 heavy (non-hydrogen) atoms. The van der Waals surface area contributed by atoms with Gasteiger partial charge in [-0.15, -0.1) is 11.3 Å². The highest BCUT2D eigenvalue weighted by molar-refractivity contribution is 7.12. The van der Waals surface area contributed by atoms with Gasteiger partial charge in [0.1, 0.15) is 17.4 Å². The number of carbonyl (C=O) groups is 1. The Kier molecular flexibility index (Phi) is 4.73. The molecule has 1 aromatic heterocycles. The van der Waals surface area contributed by atoms with Gasteiger partial charge < -0.3 is 4.74 Å². The molecule has 0 aliphatic rings. The minimum Gasteiger partial charge on any atom is -0.489 e. The number of benzene rings is 1. The second-order valence-electron chi connectivity index (χ2n) is 3.91. The zero-order valence-corrected chi connectivity index (χ0v) is 12.1. The lowest BCUT2D eigenvalue weighted by Gasteiger charge is -2.07. The summed E-state index contributed by atoms with van der Waals surface area (Å²) in [6.07, 6.45) is 0. The first-order valence-corrected chi connectivity index (χ1v) is 6.92. The number of amides is 1. The topological polar surface area (TPSA) is 107 Å². The Bertz CT molecular complexity index is 689. The Morgan fingerprint density at radius 1 is 1.48 bits per heavy atom. The fourth-order valence-corrected chi connectivity index (χ4v) is 2.65. The average molecular weight is 328 g/mol. The zero-order valence-electron chi connectivity index (χ0n) is 10.5. The van der Waals surface area contributed by atoms with E-state index in [4.69, 9.17) is 22.2 Å². The number of thiophene rings is 1. The number of nitrogens with zero attached hydrogens (tertiary/aromatic N) is 1. The molecule has 0 saturated carbocycles. The van der Waals surface area contributed by atoms with Crippen LogP contribution in [0.4, 0.5) is 5.69 Å². The fraction of sp³-hybridized carbons (Fsp3) is 0.0833. The molecule has 0 saturated heterocycles. The molecule has 1 amide bonds. The standard InChI is InChI=1S/C12H10ClN3O4S/c13-9-5-8(1-2-10(9)16(18)19)20-6-7-3-4-21-11(7)12(17)15-14/h1-5H,6,14H2,(H,15,17). The van der Waals surface area contributed by atoms with E-state index < -0.39 is 10.8 Å². The molecule has 1 heterocycles. The van der Waals surface area contributed by atoms with Gasteiger partial charge in [-0.3, -0.25) is 20.3 Å². The van der Waals surface area contributed by atoms with Gasteiger partial charge in [-0.05, 0) is 17.5 Å². The van der Waals surface area contributed by atoms with Crippen LogP contribution in [0.5, 0.6) is 5.75 Å². The molecule has 7 nitrogen and oxygen atoms in total. The van der Waals surface area contributed by atoms with Crippen LogP contribution in [0.2, 0.25) is 5.02 Å². The van der Waals surface area contributed by atoms with Crippen molar-refractivity contribution in [3.8, 4) is 5.75 Å². The summed E-state index contributed by atoms with van der Waals surface area (Å²) in [6.45, 7) is 0.125.